The van der Waals surface area contributed by atoms with Gasteiger partial charge >= 0.3 is 0 Å². The Labute approximate surface area is 124 Å². The molecule has 0 radical (unpaired) electrons. The number of rotatable bonds is 6. The summed E-state index contributed by atoms with van der Waals surface area (Å²) in [5, 5.41) is 4.15. The number of nitrogens with one attached hydrogen (secondary N) is 1. The minimum absolute atomic E-state index is 0.00660. The predicted octanol–water partition coefficient (Wildman–Crippen LogP) is 2.54. The van der Waals surface area contributed by atoms with Crippen LogP contribution in [0.1, 0.15) is 18.5 Å². The van der Waals surface area contributed by atoms with Crippen LogP contribution < -0.4 is 5.32 Å². The molecule has 1 aromatic rings. The molecule has 0 spiro atoms. The summed E-state index contributed by atoms with van der Waals surface area (Å²) in [4.78, 5) is 0. The first kappa shape index (κ1) is 16.7. The molecule has 7 heteroatoms. The third-order valence-corrected chi connectivity index (χ3v) is 5.38. The summed E-state index contributed by atoms with van der Waals surface area (Å²) < 4.78 is 24.4. The Bertz CT molecular complexity index is 533. The molecule has 0 heterocycles. The van der Waals surface area contributed by atoms with Crippen molar-refractivity contribution in [1.82, 2.24) is 9.62 Å². The van der Waals surface area contributed by atoms with Gasteiger partial charge in [-0.2, -0.15) is 0 Å². The van der Waals surface area contributed by atoms with Crippen molar-refractivity contribution in [2.45, 2.75) is 13.0 Å². The Balaban J connectivity index is 2.56. The first-order valence-corrected chi connectivity index (χ1v) is 8.19. The number of hydrogen-bond donors (Lipinski definition) is 1. The van der Waals surface area contributed by atoms with Gasteiger partial charge in [-0.25, -0.2) is 12.7 Å². The summed E-state index contributed by atoms with van der Waals surface area (Å²) in [6.07, 6.45) is 0. The molecular weight excluding hydrogens is 307 g/mol. The van der Waals surface area contributed by atoms with Gasteiger partial charge < -0.3 is 5.32 Å². The Kier molecular flexibility index (Phi) is 6.08. The highest BCUT2D eigenvalue weighted by atomic mass is 35.5. The van der Waals surface area contributed by atoms with E-state index in [0.717, 1.165) is 5.56 Å². The highest BCUT2D eigenvalue weighted by Gasteiger charge is 2.14. The van der Waals surface area contributed by atoms with E-state index in [1.807, 2.05) is 13.0 Å². The summed E-state index contributed by atoms with van der Waals surface area (Å²) in [7, 11) is -0.116. The monoisotopic (exact) mass is 324 g/mol. The smallest absolute Gasteiger partial charge is 0.214 e. The molecule has 4 nitrogen and oxygen atoms in total. The Morgan fingerprint density at radius 2 is 1.89 bits per heavy atom. The topological polar surface area (TPSA) is 49.4 Å². The maximum absolute atomic E-state index is 11.6. The van der Waals surface area contributed by atoms with E-state index in [9.17, 15) is 8.42 Å². The van der Waals surface area contributed by atoms with Crippen molar-refractivity contribution >= 4 is 33.2 Å². The molecule has 1 aromatic carbocycles. The van der Waals surface area contributed by atoms with Gasteiger partial charge in [0.25, 0.3) is 0 Å². The van der Waals surface area contributed by atoms with Crippen molar-refractivity contribution in [2.24, 2.45) is 0 Å². The minimum atomic E-state index is -3.17. The molecule has 0 bridgehead atoms. The van der Waals surface area contributed by atoms with Crippen LogP contribution in [0, 0.1) is 0 Å². The second-order valence-corrected chi connectivity index (χ2v) is 7.56. The average Bonchev–Trinajstić information content (AvgIpc) is 2.32. The standard InChI is InChI=1S/C12H18Cl2N2O2S/c1-9(10-4-5-11(13)12(14)8-10)15-6-7-19(17,18)16(2)3/h4-5,8-9,15H,6-7H2,1-3H3. The highest BCUT2D eigenvalue weighted by Crippen LogP contribution is 2.25. The fraction of sp³-hybridized carbons (Fsp3) is 0.500. The molecule has 1 N–H and O–H groups in total. The summed E-state index contributed by atoms with van der Waals surface area (Å²) in [5.74, 6) is 0.0612. The number of halogens is 2. The van der Waals surface area contributed by atoms with Gasteiger partial charge in [-0.15, -0.1) is 0 Å². The van der Waals surface area contributed by atoms with E-state index >= 15 is 0 Å². The molecule has 0 amide bonds. The molecule has 19 heavy (non-hydrogen) atoms. The lowest BCUT2D eigenvalue weighted by Crippen LogP contribution is -2.32. The van der Waals surface area contributed by atoms with Crippen molar-refractivity contribution in [3.63, 3.8) is 0 Å². The Hall–Kier alpha value is -0.330. The summed E-state index contributed by atoms with van der Waals surface area (Å²) in [6.45, 7) is 2.32. The van der Waals surface area contributed by atoms with Gasteiger partial charge in [0.05, 0.1) is 15.8 Å². The number of sulfonamides is 1. The summed E-state index contributed by atoms with van der Waals surface area (Å²) in [6, 6.07) is 5.38. The van der Waals surface area contributed by atoms with E-state index in [0.29, 0.717) is 16.6 Å². The molecule has 0 aliphatic heterocycles. The maximum Gasteiger partial charge on any atom is 0.214 e. The summed E-state index contributed by atoms with van der Waals surface area (Å²) >= 11 is 11.8. The van der Waals surface area contributed by atoms with Crippen LogP contribution in [0.3, 0.4) is 0 Å². The summed E-state index contributed by atoms with van der Waals surface area (Å²) in [5.41, 5.74) is 0.969. The van der Waals surface area contributed by atoms with Gasteiger partial charge in [0, 0.05) is 26.7 Å². The van der Waals surface area contributed by atoms with Crippen molar-refractivity contribution in [3.05, 3.63) is 33.8 Å². The van der Waals surface area contributed by atoms with Crippen molar-refractivity contribution < 1.29 is 8.42 Å². The molecule has 0 fully saturated rings. The van der Waals surface area contributed by atoms with Crippen LogP contribution in [0.4, 0.5) is 0 Å². The quantitative estimate of drug-likeness (QED) is 0.874. The van der Waals surface area contributed by atoms with Gasteiger partial charge in [-0.3, -0.25) is 0 Å². The highest BCUT2D eigenvalue weighted by molar-refractivity contribution is 7.89. The van der Waals surface area contributed by atoms with E-state index in [-0.39, 0.29) is 11.8 Å². The zero-order valence-electron chi connectivity index (χ0n) is 11.2. The predicted molar refractivity (Wildman–Crippen MR) is 80.4 cm³/mol. The van der Waals surface area contributed by atoms with Crippen LogP contribution in [-0.2, 0) is 10.0 Å². The zero-order chi connectivity index (χ0) is 14.6. The van der Waals surface area contributed by atoms with E-state index < -0.39 is 10.0 Å². The van der Waals surface area contributed by atoms with Gasteiger partial charge in [0.1, 0.15) is 0 Å². The van der Waals surface area contributed by atoms with Gasteiger partial charge in [0.2, 0.25) is 10.0 Å². The van der Waals surface area contributed by atoms with E-state index in [1.54, 1.807) is 12.1 Å². The molecule has 0 aromatic heterocycles. The lowest BCUT2D eigenvalue weighted by Gasteiger charge is -2.16. The second kappa shape index (κ2) is 6.90. The molecule has 0 aliphatic rings. The maximum atomic E-state index is 11.6. The molecule has 0 saturated carbocycles. The van der Waals surface area contributed by atoms with Crippen LogP contribution in [0.25, 0.3) is 0 Å². The Morgan fingerprint density at radius 3 is 2.42 bits per heavy atom. The lowest BCUT2D eigenvalue weighted by molar-refractivity contribution is 0.512. The number of benzene rings is 1. The van der Waals surface area contributed by atoms with Crippen LogP contribution in [0.2, 0.25) is 10.0 Å². The van der Waals surface area contributed by atoms with Crippen molar-refractivity contribution in [1.29, 1.82) is 0 Å². The van der Waals surface area contributed by atoms with E-state index in [4.69, 9.17) is 23.2 Å². The number of nitrogens with zero attached hydrogens (tertiary/aromatic N) is 1. The molecule has 0 aliphatic carbocycles. The molecule has 108 valence electrons. The molecule has 1 unspecified atom stereocenters. The van der Waals surface area contributed by atoms with Crippen molar-refractivity contribution in [2.75, 3.05) is 26.4 Å². The molecule has 0 saturated heterocycles. The van der Waals surface area contributed by atoms with Gasteiger partial charge in [-0.1, -0.05) is 29.3 Å². The lowest BCUT2D eigenvalue weighted by atomic mass is 10.1. The fourth-order valence-electron chi connectivity index (χ4n) is 1.49. The fourth-order valence-corrected chi connectivity index (χ4v) is 2.53. The first-order chi connectivity index (χ1) is 8.74. The van der Waals surface area contributed by atoms with Crippen LogP contribution in [0.5, 0.6) is 0 Å². The van der Waals surface area contributed by atoms with E-state index in [1.165, 1.54) is 18.4 Å². The van der Waals surface area contributed by atoms with Gasteiger partial charge in [-0.05, 0) is 24.6 Å². The van der Waals surface area contributed by atoms with Crippen molar-refractivity contribution in [3.8, 4) is 0 Å². The van der Waals surface area contributed by atoms with E-state index in [2.05, 4.69) is 5.32 Å². The van der Waals surface area contributed by atoms with Crippen LogP contribution >= 0.6 is 23.2 Å². The minimum Gasteiger partial charge on any atom is -0.309 e. The molecule has 1 rings (SSSR count). The Morgan fingerprint density at radius 1 is 1.26 bits per heavy atom. The van der Waals surface area contributed by atoms with Crippen LogP contribution in [-0.4, -0.2) is 39.1 Å². The van der Waals surface area contributed by atoms with Crippen LogP contribution in [0.15, 0.2) is 18.2 Å². The zero-order valence-corrected chi connectivity index (χ0v) is 13.5. The first-order valence-electron chi connectivity index (χ1n) is 5.82. The average molecular weight is 325 g/mol. The largest absolute Gasteiger partial charge is 0.309 e. The van der Waals surface area contributed by atoms with Gasteiger partial charge in [0.15, 0.2) is 0 Å². The third kappa shape index (κ3) is 4.93. The molecule has 1 atom stereocenters. The SMILES string of the molecule is CC(NCCS(=O)(=O)N(C)C)c1ccc(Cl)c(Cl)c1. The number of hydrogen-bond acceptors (Lipinski definition) is 3. The third-order valence-electron chi connectivity index (χ3n) is 2.81. The normalized spacial score (nSPS) is 13.8. The molecular formula is C12H18Cl2N2O2S. The second-order valence-electron chi connectivity index (χ2n) is 4.45.